The highest BCUT2D eigenvalue weighted by Crippen LogP contribution is 2.43. The molecule has 0 aliphatic carbocycles. The summed E-state index contributed by atoms with van der Waals surface area (Å²) in [6.45, 7) is 11.4. The summed E-state index contributed by atoms with van der Waals surface area (Å²) in [5.41, 5.74) is 8.08. The van der Waals surface area contributed by atoms with Gasteiger partial charge in [0, 0.05) is 28.4 Å². The van der Waals surface area contributed by atoms with Crippen molar-refractivity contribution in [1.29, 1.82) is 0 Å². The molecule has 0 spiro atoms. The Morgan fingerprint density at radius 1 is 0.340 bits per heavy atom. The maximum absolute atomic E-state index is 2.46. The van der Waals surface area contributed by atoms with E-state index in [-0.39, 0.29) is 11.0 Å². The second kappa shape index (κ2) is 12.1. The maximum atomic E-state index is 2.46. The molecule has 0 saturated carbocycles. The lowest BCUT2D eigenvalue weighted by Gasteiger charge is -2.41. The molecule has 0 N–H and O–H groups in total. The molecule has 2 nitrogen and oxygen atoms in total. The van der Waals surface area contributed by atoms with Gasteiger partial charge >= 0.3 is 0 Å². The number of para-hydroxylation sites is 1. The standard InChI is InChI=1S/C45H42N2/c1-44(2,3)37-21-23-38(24-22-37)45(4,5)47(40-17-7-6-8-18-40)41-29-27-39(28-30-41)46(42-25-19-33-13-9-11-15-35(33)31-42)43-26-20-34-14-10-12-16-36(34)32-43/h6-32H,1-5H3. The molecule has 0 saturated heterocycles. The molecule has 0 atom stereocenters. The minimum Gasteiger partial charge on any atom is -0.332 e. The third-order valence-electron chi connectivity index (χ3n) is 9.38. The number of rotatable bonds is 7. The SMILES string of the molecule is CC(C)(C)c1ccc(C(C)(C)N(c2ccccc2)c2ccc(N(c3ccc4ccccc4c3)c3ccc4ccccc4c3)cc2)cc1. The zero-order valence-electron chi connectivity index (χ0n) is 28.0. The highest BCUT2D eigenvalue weighted by atomic mass is 15.2. The van der Waals surface area contributed by atoms with Crippen molar-refractivity contribution in [2.24, 2.45) is 0 Å². The summed E-state index contributed by atoms with van der Waals surface area (Å²) in [5.74, 6) is 0. The van der Waals surface area contributed by atoms with Gasteiger partial charge in [0.25, 0.3) is 0 Å². The Bertz CT molecular complexity index is 2060. The molecule has 0 fully saturated rings. The van der Waals surface area contributed by atoms with Crippen molar-refractivity contribution < 1.29 is 0 Å². The largest absolute Gasteiger partial charge is 0.332 e. The molecular weight excluding hydrogens is 569 g/mol. The molecule has 0 aliphatic rings. The van der Waals surface area contributed by atoms with Crippen LogP contribution in [0.15, 0.2) is 164 Å². The molecule has 2 heteroatoms. The molecule has 0 unspecified atom stereocenters. The minimum atomic E-state index is -0.310. The lowest BCUT2D eigenvalue weighted by atomic mass is 9.84. The third kappa shape index (κ3) is 6.00. The predicted molar refractivity (Wildman–Crippen MR) is 203 cm³/mol. The summed E-state index contributed by atoms with van der Waals surface area (Å²) >= 11 is 0. The van der Waals surface area contributed by atoms with Gasteiger partial charge in [-0.1, -0.05) is 124 Å². The fourth-order valence-electron chi connectivity index (χ4n) is 6.71. The summed E-state index contributed by atoms with van der Waals surface area (Å²) < 4.78 is 0. The summed E-state index contributed by atoms with van der Waals surface area (Å²) in [7, 11) is 0. The van der Waals surface area contributed by atoms with E-state index in [1.54, 1.807) is 0 Å². The van der Waals surface area contributed by atoms with Crippen LogP contribution in [-0.2, 0) is 11.0 Å². The van der Waals surface area contributed by atoms with Crippen LogP contribution in [0.2, 0.25) is 0 Å². The van der Waals surface area contributed by atoms with Crippen LogP contribution >= 0.6 is 0 Å². The Kier molecular flexibility index (Phi) is 7.82. The molecule has 0 heterocycles. The Hall–Kier alpha value is -5.34. The zero-order valence-corrected chi connectivity index (χ0v) is 28.0. The molecule has 232 valence electrons. The first-order valence-electron chi connectivity index (χ1n) is 16.5. The highest BCUT2D eigenvalue weighted by molar-refractivity contribution is 5.92. The molecule has 0 amide bonds. The minimum absolute atomic E-state index is 0.111. The van der Waals surface area contributed by atoms with Crippen LogP contribution in [0.25, 0.3) is 21.5 Å². The van der Waals surface area contributed by atoms with E-state index in [9.17, 15) is 0 Å². The van der Waals surface area contributed by atoms with Crippen molar-refractivity contribution in [3.63, 3.8) is 0 Å². The van der Waals surface area contributed by atoms with Gasteiger partial charge in [0.1, 0.15) is 0 Å². The normalized spacial score (nSPS) is 11.9. The molecule has 47 heavy (non-hydrogen) atoms. The van der Waals surface area contributed by atoms with Gasteiger partial charge in [-0.15, -0.1) is 0 Å². The average Bonchev–Trinajstić information content (AvgIpc) is 3.09. The van der Waals surface area contributed by atoms with Crippen molar-refractivity contribution in [2.45, 2.75) is 45.6 Å². The van der Waals surface area contributed by atoms with Crippen molar-refractivity contribution in [1.82, 2.24) is 0 Å². The van der Waals surface area contributed by atoms with Crippen molar-refractivity contribution in [2.75, 3.05) is 9.80 Å². The van der Waals surface area contributed by atoms with Gasteiger partial charge in [-0.05, 0) is 113 Å². The molecule has 7 aromatic carbocycles. The van der Waals surface area contributed by atoms with Crippen LogP contribution in [0.4, 0.5) is 28.4 Å². The van der Waals surface area contributed by atoms with Crippen molar-refractivity contribution in [3.05, 3.63) is 175 Å². The average molecular weight is 611 g/mol. The molecule has 7 rings (SSSR count). The van der Waals surface area contributed by atoms with E-state index < -0.39 is 0 Å². The Labute approximate surface area is 279 Å². The first-order valence-corrected chi connectivity index (χ1v) is 16.5. The van der Waals surface area contributed by atoms with Crippen molar-refractivity contribution >= 4 is 50.0 Å². The molecular formula is C45H42N2. The number of hydrogen-bond acceptors (Lipinski definition) is 2. The third-order valence-corrected chi connectivity index (χ3v) is 9.38. The molecule has 7 aromatic rings. The predicted octanol–water partition coefficient (Wildman–Crippen LogP) is 12.8. The van der Waals surface area contributed by atoms with E-state index in [0.717, 1.165) is 28.4 Å². The molecule has 0 bridgehead atoms. The Morgan fingerprint density at radius 2 is 0.745 bits per heavy atom. The summed E-state index contributed by atoms with van der Waals surface area (Å²) in [4.78, 5) is 4.82. The summed E-state index contributed by atoms with van der Waals surface area (Å²) in [6, 6.07) is 59.6. The zero-order chi connectivity index (χ0) is 32.6. The second-order valence-electron chi connectivity index (χ2n) is 14.0. The van der Waals surface area contributed by atoms with Crippen LogP contribution in [0.5, 0.6) is 0 Å². The van der Waals surface area contributed by atoms with E-state index in [1.807, 2.05) is 0 Å². The topological polar surface area (TPSA) is 6.48 Å². The van der Waals surface area contributed by atoms with E-state index >= 15 is 0 Å². The van der Waals surface area contributed by atoms with E-state index in [0.29, 0.717) is 0 Å². The van der Waals surface area contributed by atoms with Gasteiger partial charge in [-0.3, -0.25) is 0 Å². The van der Waals surface area contributed by atoms with Crippen molar-refractivity contribution in [3.8, 4) is 0 Å². The molecule has 0 aromatic heterocycles. The van der Waals surface area contributed by atoms with E-state index in [1.165, 1.54) is 32.7 Å². The molecule has 0 radical (unpaired) electrons. The number of anilines is 5. The van der Waals surface area contributed by atoms with Gasteiger partial charge in [-0.2, -0.15) is 0 Å². The van der Waals surface area contributed by atoms with Gasteiger partial charge in [0.15, 0.2) is 0 Å². The second-order valence-corrected chi connectivity index (χ2v) is 14.0. The Morgan fingerprint density at radius 3 is 1.26 bits per heavy atom. The van der Waals surface area contributed by atoms with Crippen LogP contribution in [0, 0.1) is 0 Å². The maximum Gasteiger partial charge on any atom is 0.0646 e. The quantitative estimate of drug-likeness (QED) is 0.177. The lowest BCUT2D eigenvalue weighted by molar-refractivity contribution is 0.533. The smallest absolute Gasteiger partial charge is 0.0646 e. The lowest BCUT2D eigenvalue weighted by Crippen LogP contribution is -2.38. The van der Waals surface area contributed by atoms with Gasteiger partial charge in [-0.25, -0.2) is 0 Å². The van der Waals surface area contributed by atoms with E-state index in [2.05, 4.69) is 208 Å². The fraction of sp³-hybridized carbons (Fsp3) is 0.156. The number of fused-ring (bicyclic) bond motifs is 2. The Balaban J connectivity index is 1.33. The van der Waals surface area contributed by atoms with Crippen LogP contribution in [-0.4, -0.2) is 0 Å². The van der Waals surface area contributed by atoms with Crippen LogP contribution < -0.4 is 9.80 Å². The van der Waals surface area contributed by atoms with Crippen LogP contribution in [0.1, 0.15) is 45.7 Å². The van der Waals surface area contributed by atoms with Gasteiger partial charge < -0.3 is 9.80 Å². The first kappa shape index (κ1) is 30.3. The number of hydrogen-bond donors (Lipinski definition) is 0. The highest BCUT2D eigenvalue weighted by Gasteiger charge is 2.31. The van der Waals surface area contributed by atoms with E-state index in [4.69, 9.17) is 0 Å². The van der Waals surface area contributed by atoms with Gasteiger partial charge in [0.05, 0.1) is 5.54 Å². The summed E-state index contributed by atoms with van der Waals surface area (Å²) in [6.07, 6.45) is 0. The van der Waals surface area contributed by atoms with Crippen LogP contribution in [0.3, 0.4) is 0 Å². The summed E-state index contributed by atoms with van der Waals surface area (Å²) in [5, 5.41) is 4.92. The van der Waals surface area contributed by atoms with Gasteiger partial charge in [0.2, 0.25) is 0 Å². The number of nitrogens with zero attached hydrogens (tertiary/aromatic N) is 2. The molecule has 0 aliphatic heterocycles. The fourth-order valence-corrected chi connectivity index (χ4v) is 6.71. The monoisotopic (exact) mass is 610 g/mol. The first-order chi connectivity index (χ1) is 22.7. The number of benzene rings is 7.